The number of carbonyl (C=O) groups is 2. The normalized spacial score (nSPS) is 10.2. The van der Waals surface area contributed by atoms with E-state index in [0.29, 0.717) is 22.6 Å². The fourth-order valence-corrected chi connectivity index (χ4v) is 2.92. The maximum absolute atomic E-state index is 12.5. The lowest BCUT2D eigenvalue weighted by Crippen LogP contribution is -2.20. The molecule has 0 bridgehead atoms. The number of ketones is 1. The van der Waals surface area contributed by atoms with Crippen LogP contribution < -0.4 is 10.1 Å². The van der Waals surface area contributed by atoms with Crippen molar-refractivity contribution in [1.82, 2.24) is 4.98 Å². The van der Waals surface area contributed by atoms with Crippen LogP contribution in [0.5, 0.6) is 5.75 Å². The van der Waals surface area contributed by atoms with E-state index >= 15 is 0 Å². The molecule has 1 amide bonds. The average Bonchev–Trinajstić information content (AvgIpc) is 2.67. The van der Waals surface area contributed by atoms with Crippen molar-refractivity contribution >= 4 is 40.0 Å². The molecule has 1 aromatic heterocycles. The standard InChI is InChI=1S/C20H15IN2O3/c21-18-6-2-1-5-17(18)20(25)14-7-9-16(10-8-14)26-13-19(24)23-15-4-3-11-22-12-15/h1-12H,13H2,(H,23,24). The summed E-state index contributed by atoms with van der Waals surface area (Å²) in [6.07, 6.45) is 3.19. The second-order valence-corrected chi connectivity index (χ2v) is 6.57. The number of amides is 1. The van der Waals surface area contributed by atoms with E-state index in [0.717, 1.165) is 3.57 Å². The molecule has 0 saturated heterocycles. The van der Waals surface area contributed by atoms with Gasteiger partial charge in [0.15, 0.2) is 12.4 Å². The van der Waals surface area contributed by atoms with Crippen LogP contribution >= 0.6 is 22.6 Å². The van der Waals surface area contributed by atoms with Crippen LogP contribution in [-0.4, -0.2) is 23.3 Å². The zero-order valence-electron chi connectivity index (χ0n) is 13.7. The van der Waals surface area contributed by atoms with E-state index in [2.05, 4.69) is 32.9 Å². The first-order chi connectivity index (χ1) is 12.6. The van der Waals surface area contributed by atoms with Crippen LogP contribution in [0.2, 0.25) is 0 Å². The number of nitrogens with one attached hydrogen (secondary N) is 1. The van der Waals surface area contributed by atoms with Crippen molar-refractivity contribution in [3.63, 3.8) is 0 Å². The molecule has 0 aliphatic rings. The molecule has 6 heteroatoms. The molecule has 3 aromatic rings. The lowest BCUT2D eigenvalue weighted by atomic mass is 10.0. The van der Waals surface area contributed by atoms with E-state index < -0.39 is 0 Å². The Morgan fingerprint density at radius 1 is 1.00 bits per heavy atom. The monoisotopic (exact) mass is 458 g/mol. The fraction of sp³-hybridized carbons (Fsp3) is 0.0500. The molecule has 1 heterocycles. The number of hydrogen-bond acceptors (Lipinski definition) is 4. The van der Waals surface area contributed by atoms with Gasteiger partial charge in [-0.15, -0.1) is 0 Å². The summed E-state index contributed by atoms with van der Waals surface area (Å²) in [5, 5.41) is 2.69. The Morgan fingerprint density at radius 2 is 1.77 bits per heavy atom. The zero-order valence-corrected chi connectivity index (χ0v) is 15.8. The van der Waals surface area contributed by atoms with Gasteiger partial charge in [-0.3, -0.25) is 14.6 Å². The number of pyridine rings is 1. The van der Waals surface area contributed by atoms with E-state index in [1.165, 1.54) is 0 Å². The Morgan fingerprint density at radius 3 is 2.46 bits per heavy atom. The van der Waals surface area contributed by atoms with E-state index in [-0.39, 0.29) is 18.3 Å². The molecule has 0 saturated carbocycles. The van der Waals surface area contributed by atoms with Crippen molar-refractivity contribution in [3.8, 4) is 5.75 Å². The summed E-state index contributed by atoms with van der Waals surface area (Å²) in [7, 11) is 0. The van der Waals surface area contributed by atoms with Gasteiger partial charge in [0, 0.05) is 20.9 Å². The van der Waals surface area contributed by atoms with Crippen molar-refractivity contribution in [2.45, 2.75) is 0 Å². The third-order valence-corrected chi connectivity index (χ3v) is 4.49. The van der Waals surface area contributed by atoms with E-state index in [1.807, 2.05) is 18.2 Å². The Balaban J connectivity index is 1.59. The van der Waals surface area contributed by atoms with Crippen molar-refractivity contribution in [2.24, 2.45) is 0 Å². The molecule has 26 heavy (non-hydrogen) atoms. The number of ether oxygens (including phenoxy) is 1. The van der Waals surface area contributed by atoms with Gasteiger partial charge >= 0.3 is 0 Å². The molecule has 0 unspecified atom stereocenters. The van der Waals surface area contributed by atoms with Gasteiger partial charge in [0.2, 0.25) is 0 Å². The molecule has 0 radical (unpaired) electrons. The van der Waals surface area contributed by atoms with Crippen LogP contribution in [0.4, 0.5) is 5.69 Å². The van der Waals surface area contributed by atoms with Crippen LogP contribution in [0.1, 0.15) is 15.9 Å². The highest BCUT2D eigenvalue weighted by Gasteiger charge is 2.12. The minimum absolute atomic E-state index is 0.0455. The molecule has 0 spiro atoms. The van der Waals surface area contributed by atoms with Crippen molar-refractivity contribution in [2.75, 3.05) is 11.9 Å². The van der Waals surface area contributed by atoms with E-state index in [1.54, 1.807) is 54.9 Å². The number of anilines is 1. The van der Waals surface area contributed by atoms with Crippen LogP contribution in [0, 0.1) is 3.57 Å². The topological polar surface area (TPSA) is 68.3 Å². The zero-order chi connectivity index (χ0) is 18.4. The molecular formula is C20H15IN2O3. The predicted molar refractivity (Wildman–Crippen MR) is 107 cm³/mol. The van der Waals surface area contributed by atoms with Gasteiger partial charge in [-0.05, 0) is 71.1 Å². The number of aromatic nitrogens is 1. The summed E-state index contributed by atoms with van der Waals surface area (Å²) in [5.74, 6) is 0.193. The number of hydrogen-bond donors (Lipinski definition) is 1. The van der Waals surface area contributed by atoms with Crippen LogP contribution in [0.3, 0.4) is 0 Å². The minimum atomic E-state index is -0.281. The van der Waals surface area contributed by atoms with Gasteiger partial charge in [0.1, 0.15) is 5.75 Å². The van der Waals surface area contributed by atoms with E-state index in [9.17, 15) is 9.59 Å². The molecule has 3 rings (SSSR count). The smallest absolute Gasteiger partial charge is 0.262 e. The Labute approximate surface area is 164 Å². The van der Waals surface area contributed by atoms with Gasteiger partial charge in [-0.25, -0.2) is 0 Å². The first kappa shape index (κ1) is 18.1. The Kier molecular flexibility index (Phi) is 5.96. The van der Waals surface area contributed by atoms with Crippen molar-refractivity contribution < 1.29 is 14.3 Å². The van der Waals surface area contributed by atoms with Crippen molar-refractivity contribution in [3.05, 3.63) is 87.8 Å². The van der Waals surface area contributed by atoms with Gasteiger partial charge in [-0.2, -0.15) is 0 Å². The number of rotatable bonds is 6. The summed E-state index contributed by atoms with van der Waals surface area (Å²) >= 11 is 2.14. The predicted octanol–water partition coefficient (Wildman–Crippen LogP) is 3.93. The molecule has 130 valence electrons. The fourth-order valence-electron chi connectivity index (χ4n) is 2.29. The SMILES string of the molecule is O=C(COc1ccc(C(=O)c2ccccc2I)cc1)Nc1cccnc1. The lowest BCUT2D eigenvalue weighted by Gasteiger charge is -2.08. The number of halogens is 1. The molecule has 2 aromatic carbocycles. The molecule has 0 aliphatic carbocycles. The average molecular weight is 458 g/mol. The van der Waals surface area contributed by atoms with Gasteiger partial charge in [-0.1, -0.05) is 12.1 Å². The van der Waals surface area contributed by atoms with Gasteiger partial charge in [0.05, 0.1) is 11.9 Å². The molecule has 0 fully saturated rings. The summed E-state index contributed by atoms with van der Waals surface area (Å²) < 4.78 is 6.36. The summed E-state index contributed by atoms with van der Waals surface area (Å²) in [5.41, 5.74) is 1.85. The third-order valence-electron chi connectivity index (χ3n) is 3.55. The summed E-state index contributed by atoms with van der Waals surface area (Å²) in [6.45, 7) is -0.126. The first-order valence-electron chi connectivity index (χ1n) is 7.85. The second kappa shape index (κ2) is 8.57. The molecule has 0 aliphatic heterocycles. The first-order valence-corrected chi connectivity index (χ1v) is 8.93. The van der Waals surface area contributed by atoms with Gasteiger partial charge in [0.25, 0.3) is 5.91 Å². The Hall–Kier alpha value is -2.74. The quantitative estimate of drug-likeness (QED) is 0.449. The molecule has 1 N–H and O–H groups in total. The maximum atomic E-state index is 12.5. The largest absolute Gasteiger partial charge is 0.484 e. The summed E-state index contributed by atoms with van der Waals surface area (Å²) in [6, 6.07) is 17.7. The molecular weight excluding hydrogens is 443 g/mol. The minimum Gasteiger partial charge on any atom is -0.484 e. The molecule has 0 atom stereocenters. The van der Waals surface area contributed by atoms with Crippen LogP contribution in [0.15, 0.2) is 73.1 Å². The molecule has 5 nitrogen and oxygen atoms in total. The highest BCUT2D eigenvalue weighted by atomic mass is 127. The van der Waals surface area contributed by atoms with Gasteiger partial charge < -0.3 is 10.1 Å². The van der Waals surface area contributed by atoms with Crippen LogP contribution in [0.25, 0.3) is 0 Å². The number of nitrogens with zero attached hydrogens (tertiary/aromatic N) is 1. The summed E-state index contributed by atoms with van der Waals surface area (Å²) in [4.78, 5) is 28.3. The highest BCUT2D eigenvalue weighted by molar-refractivity contribution is 14.1. The van der Waals surface area contributed by atoms with Crippen molar-refractivity contribution in [1.29, 1.82) is 0 Å². The lowest BCUT2D eigenvalue weighted by molar-refractivity contribution is -0.118. The van der Waals surface area contributed by atoms with E-state index in [4.69, 9.17) is 4.74 Å². The number of carbonyl (C=O) groups excluding carboxylic acids is 2. The highest BCUT2D eigenvalue weighted by Crippen LogP contribution is 2.19. The third kappa shape index (κ3) is 4.66. The maximum Gasteiger partial charge on any atom is 0.262 e. The Bertz CT molecular complexity index is 912. The second-order valence-electron chi connectivity index (χ2n) is 5.41. The number of benzene rings is 2. The van der Waals surface area contributed by atoms with Crippen LogP contribution in [-0.2, 0) is 4.79 Å².